The Bertz CT molecular complexity index is 390. The minimum Gasteiger partial charge on any atom is -0.375 e. The molecule has 3 N–H and O–H groups in total. The van der Waals surface area contributed by atoms with Crippen LogP contribution < -0.4 is 16.0 Å². The number of anilines is 1. The molecule has 4 heteroatoms. The minimum atomic E-state index is -0.369. The van der Waals surface area contributed by atoms with Crippen molar-refractivity contribution >= 4 is 11.6 Å². The number of hydrogen-bond acceptors (Lipinski definition) is 3. The fourth-order valence-electron chi connectivity index (χ4n) is 1.78. The number of benzene rings is 1. The summed E-state index contributed by atoms with van der Waals surface area (Å²) in [5, 5.41) is 3.12. The van der Waals surface area contributed by atoms with Crippen LogP contribution in [0.5, 0.6) is 0 Å². The molecule has 0 spiro atoms. The normalized spacial score (nSPS) is 10.3. The second-order valence-corrected chi connectivity index (χ2v) is 4.24. The summed E-state index contributed by atoms with van der Waals surface area (Å²) < 4.78 is 0. The highest BCUT2D eigenvalue weighted by molar-refractivity contribution is 5.94. The molecular weight excluding hydrogens is 214 g/mol. The maximum atomic E-state index is 11.1. The minimum absolute atomic E-state index is 0.369. The molecule has 0 aliphatic carbocycles. The van der Waals surface area contributed by atoms with Gasteiger partial charge in [-0.1, -0.05) is 0 Å². The van der Waals surface area contributed by atoms with Gasteiger partial charge < -0.3 is 16.0 Å². The van der Waals surface area contributed by atoms with Crippen LogP contribution in [0, 0.1) is 6.92 Å². The molecule has 0 radical (unpaired) electrons. The smallest absolute Gasteiger partial charge is 0.248 e. The standard InChI is InChI=1S/C13H21N3O/c1-10-9-11(5-6-12(10)13(14)17)16(3)8-4-7-15-2/h5-6,9,15H,4,7-8H2,1-3H3,(H2,14,17). The third kappa shape index (κ3) is 3.75. The average molecular weight is 235 g/mol. The van der Waals surface area contributed by atoms with Gasteiger partial charge in [0.25, 0.3) is 0 Å². The molecule has 0 heterocycles. The molecule has 0 atom stereocenters. The van der Waals surface area contributed by atoms with Gasteiger partial charge >= 0.3 is 0 Å². The zero-order valence-corrected chi connectivity index (χ0v) is 10.8. The van der Waals surface area contributed by atoms with E-state index in [9.17, 15) is 4.79 Å². The summed E-state index contributed by atoms with van der Waals surface area (Å²) in [6, 6.07) is 5.73. The predicted octanol–water partition coefficient (Wildman–Crippen LogP) is 1.14. The Labute approximate surface area is 103 Å². The van der Waals surface area contributed by atoms with Crippen LogP contribution >= 0.6 is 0 Å². The second kappa shape index (κ2) is 6.25. The van der Waals surface area contributed by atoms with E-state index < -0.39 is 0 Å². The van der Waals surface area contributed by atoms with E-state index in [2.05, 4.69) is 10.2 Å². The monoisotopic (exact) mass is 235 g/mol. The molecule has 0 bridgehead atoms. The number of carbonyl (C=O) groups is 1. The summed E-state index contributed by atoms with van der Waals surface area (Å²) in [6.07, 6.45) is 1.09. The summed E-state index contributed by atoms with van der Waals surface area (Å²) in [5.74, 6) is -0.369. The van der Waals surface area contributed by atoms with Crippen molar-refractivity contribution in [2.45, 2.75) is 13.3 Å². The third-order valence-corrected chi connectivity index (χ3v) is 2.84. The second-order valence-electron chi connectivity index (χ2n) is 4.24. The van der Waals surface area contributed by atoms with E-state index in [1.165, 1.54) is 0 Å². The van der Waals surface area contributed by atoms with Crippen molar-refractivity contribution in [1.82, 2.24) is 5.32 Å². The molecule has 4 nitrogen and oxygen atoms in total. The van der Waals surface area contributed by atoms with E-state index in [1.54, 1.807) is 6.07 Å². The van der Waals surface area contributed by atoms with E-state index in [0.29, 0.717) is 5.56 Å². The third-order valence-electron chi connectivity index (χ3n) is 2.84. The van der Waals surface area contributed by atoms with Crippen LogP contribution in [0.3, 0.4) is 0 Å². The Morgan fingerprint density at radius 2 is 2.18 bits per heavy atom. The Balaban J connectivity index is 2.72. The molecular formula is C13H21N3O. The Morgan fingerprint density at radius 1 is 1.47 bits per heavy atom. The quantitative estimate of drug-likeness (QED) is 0.727. The molecule has 0 saturated heterocycles. The maximum Gasteiger partial charge on any atom is 0.248 e. The largest absolute Gasteiger partial charge is 0.375 e. The summed E-state index contributed by atoms with van der Waals surface area (Å²) in [7, 11) is 4.00. The number of nitrogens with zero attached hydrogens (tertiary/aromatic N) is 1. The molecule has 1 amide bonds. The van der Waals surface area contributed by atoms with Crippen molar-refractivity contribution in [2.75, 3.05) is 32.1 Å². The van der Waals surface area contributed by atoms with Gasteiger partial charge in [0.05, 0.1) is 0 Å². The fraction of sp³-hybridized carbons (Fsp3) is 0.462. The first-order valence-corrected chi connectivity index (χ1v) is 5.82. The molecule has 94 valence electrons. The number of carbonyl (C=O) groups excluding carboxylic acids is 1. The van der Waals surface area contributed by atoms with E-state index in [0.717, 1.165) is 30.8 Å². The SMILES string of the molecule is CNCCCN(C)c1ccc(C(N)=O)c(C)c1. The van der Waals surface area contributed by atoms with Crippen LogP contribution in [-0.2, 0) is 0 Å². The van der Waals surface area contributed by atoms with Gasteiger partial charge in [-0.3, -0.25) is 4.79 Å². The Hall–Kier alpha value is -1.55. The molecule has 1 rings (SSSR count). The van der Waals surface area contributed by atoms with Crippen molar-refractivity contribution in [1.29, 1.82) is 0 Å². The molecule has 0 aliphatic rings. The topological polar surface area (TPSA) is 58.4 Å². The molecule has 0 fully saturated rings. The first kappa shape index (κ1) is 13.5. The lowest BCUT2D eigenvalue weighted by Crippen LogP contribution is -2.22. The average Bonchev–Trinajstić information content (AvgIpc) is 2.28. The van der Waals surface area contributed by atoms with Gasteiger partial charge in [0.1, 0.15) is 0 Å². The number of amides is 1. The van der Waals surface area contributed by atoms with Gasteiger partial charge in [-0.05, 0) is 50.7 Å². The molecule has 17 heavy (non-hydrogen) atoms. The van der Waals surface area contributed by atoms with Gasteiger partial charge in [-0.25, -0.2) is 0 Å². The van der Waals surface area contributed by atoms with Crippen molar-refractivity contribution in [2.24, 2.45) is 5.73 Å². The Morgan fingerprint density at radius 3 is 2.71 bits per heavy atom. The number of nitrogens with two attached hydrogens (primary N) is 1. The van der Waals surface area contributed by atoms with Crippen LogP contribution in [0.4, 0.5) is 5.69 Å². The van der Waals surface area contributed by atoms with E-state index in [4.69, 9.17) is 5.73 Å². The predicted molar refractivity (Wildman–Crippen MR) is 71.5 cm³/mol. The van der Waals surface area contributed by atoms with Crippen molar-refractivity contribution in [3.63, 3.8) is 0 Å². The summed E-state index contributed by atoms with van der Waals surface area (Å²) >= 11 is 0. The van der Waals surface area contributed by atoms with Crippen LogP contribution in [-0.4, -0.2) is 33.1 Å². The zero-order valence-electron chi connectivity index (χ0n) is 10.8. The van der Waals surface area contributed by atoms with Crippen LogP contribution in [0.2, 0.25) is 0 Å². The highest BCUT2D eigenvalue weighted by Gasteiger charge is 2.07. The number of rotatable bonds is 6. The van der Waals surface area contributed by atoms with Crippen LogP contribution in [0.25, 0.3) is 0 Å². The zero-order chi connectivity index (χ0) is 12.8. The van der Waals surface area contributed by atoms with E-state index >= 15 is 0 Å². The van der Waals surface area contributed by atoms with Crippen molar-refractivity contribution < 1.29 is 4.79 Å². The summed E-state index contributed by atoms with van der Waals surface area (Å²) in [4.78, 5) is 13.3. The van der Waals surface area contributed by atoms with Crippen molar-refractivity contribution in [3.8, 4) is 0 Å². The molecule has 1 aromatic carbocycles. The van der Waals surface area contributed by atoms with E-state index in [1.807, 2.05) is 33.2 Å². The first-order valence-electron chi connectivity index (χ1n) is 5.82. The van der Waals surface area contributed by atoms with E-state index in [-0.39, 0.29) is 5.91 Å². The maximum absolute atomic E-state index is 11.1. The molecule has 0 unspecified atom stereocenters. The number of primary amides is 1. The molecule has 1 aromatic rings. The van der Waals surface area contributed by atoms with Crippen LogP contribution in [0.15, 0.2) is 18.2 Å². The molecule has 0 aliphatic heterocycles. The molecule has 0 aromatic heterocycles. The summed E-state index contributed by atoms with van der Waals surface area (Å²) in [5.41, 5.74) is 7.91. The molecule has 0 saturated carbocycles. The fourth-order valence-corrected chi connectivity index (χ4v) is 1.78. The number of nitrogens with one attached hydrogen (secondary N) is 1. The van der Waals surface area contributed by atoms with Gasteiger partial charge in [-0.15, -0.1) is 0 Å². The van der Waals surface area contributed by atoms with Gasteiger partial charge in [0.15, 0.2) is 0 Å². The van der Waals surface area contributed by atoms with Gasteiger partial charge in [0.2, 0.25) is 5.91 Å². The first-order chi connectivity index (χ1) is 8.06. The number of aryl methyl sites for hydroxylation is 1. The highest BCUT2D eigenvalue weighted by atomic mass is 16.1. The lowest BCUT2D eigenvalue weighted by Gasteiger charge is -2.20. The van der Waals surface area contributed by atoms with Gasteiger partial charge in [-0.2, -0.15) is 0 Å². The van der Waals surface area contributed by atoms with Gasteiger partial charge in [0, 0.05) is 24.8 Å². The van der Waals surface area contributed by atoms with Crippen molar-refractivity contribution in [3.05, 3.63) is 29.3 Å². The lowest BCUT2D eigenvalue weighted by molar-refractivity contribution is 0.1000. The number of hydrogen-bond donors (Lipinski definition) is 2. The Kier molecular flexibility index (Phi) is 4.97. The highest BCUT2D eigenvalue weighted by Crippen LogP contribution is 2.18. The summed E-state index contributed by atoms with van der Waals surface area (Å²) in [6.45, 7) is 3.89. The lowest BCUT2D eigenvalue weighted by atomic mass is 10.1. The van der Waals surface area contributed by atoms with Crippen LogP contribution in [0.1, 0.15) is 22.3 Å².